The quantitative estimate of drug-likeness (QED) is 0.647. The van der Waals surface area contributed by atoms with Crippen molar-refractivity contribution in [3.63, 3.8) is 0 Å². The predicted octanol–water partition coefficient (Wildman–Crippen LogP) is 5.43. The van der Waals surface area contributed by atoms with Gasteiger partial charge in [0.05, 0.1) is 0 Å². The minimum atomic E-state index is 0. The number of piperidine rings is 1. The molecule has 1 aromatic carbocycles. The third kappa shape index (κ3) is 2.52. The van der Waals surface area contributed by atoms with Gasteiger partial charge in [0.1, 0.15) is 0 Å². The molecule has 0 aromatic heterocycles. The second-order valence-electron chi connectivity index (χ2n) is 9.98. The maximum atomic E-state index is 3.03. The number of hydrogen-bond donors (Lipinski definition) is 0. The fourth-order valence-corrected chi connectivity index (χ4v) is 8.08. The van der Waals surface area contributed by atoms with E-state index in [0.29, 0.717) is 5.54 Å². The summed E-state index contributed by atoms with van der Waals surface area (Å²) in [4.78, 5) is 3.03. The molecule has 4 bridgehead atoms. The molecular weight excluding hydrogens is 326 g/mol. The van der Waals surface area contributed by atoms with E-state index in [2.05, 4.69) is 29.2 Å². The van der Waals surface area contributed by atoms with Crippen LogP contribution in [0.3, 0.4) is 0 Å². The molecule has 1 saturated heterocycles. The van der Waals surface area contributed by atoms with E-state index in [4.69, 9.17) is 0 Å². The van der Waals surface area contributed by atoms with Crippen LogP contribution in [0.5, 0.6) is 0 Å². The highest BCUT2D eigenvalue weighted by Crippen LogP contribution is 2.59. The van der Waals surface area contributed by atoms with Crippen molar-refractivity contribution in [2.75, 3.05) is 13.1 Å². The number of rotatable bonds is 1. The van der Waals surface area contributed by atoms with Gasteiger partial charge in [0.15, 0.2) is 0 Å². The Labute approximate surface area is 159 Å². The van der Waals surface area contributed by atoms with Crippen LogP contribution in [-0.2, 0) is 6.42 Å². The van der Waals surface area contributed by atoms with Crippen molar-refractivity contribution in [3.8, 4) is 0 Å². The lowest BCUT2D eigenvalue weighted by Gasteiger charge is -2.62. The topological polar surface area (TPSA) is 3.24 Å². The van der Waals surface area contributed by atoms with Crippen molar-refractivity contribution >= 4 is 12.4 Å². The zero-order valence-electron chi connectivity index (χ0n) is 15.3. The van der Waals surface area contributed by atoms with Gasteiger partial charge >= 0.3 is 0 Å². The lowest BCUT2D eigenvalue weighted by atomic mass is 9.52. The predicted molar refractivity (Wildman–Crippen MR) is 105 cm³/mol. The molecule has 0 unspecified atom stereocenters. The Hall–Kier alpha value is -0.530. The van der Waals surface area contributed by atoms with Crippen LogP contribution >= 0.6 is 12.4 Å². The molecule has 2 heteroatoms. The van der Waals surface area contributed by atoms with Gasteiger partial charge in [0.2, 0.25) is 0 Å². The third-order valence-corrected chi connectivity index (χ3v) is 8.65. The van der Waals surface area contributed by atoms with Crippen molar-refractivity contribution in [2.45, 2.75) is 69.2 Å². The van der Waals surface area contributed by atoms with Crippen LogP contribution in [0, 0.1) is 23.7 Å². The zero-order valence-corrected chi connectivity index (χ0v) is 16.1. The molecule has 0 amide bonds. The van der Waals surface area contributed by atoms with Gasteiger partial charge in [-0.05, 0) is 105 Å². The molecule has 0 spiro atoms. The van der Waals surface area contributed by atoms with Crippen molar-refractivity contribution in [1.82, 2.24) is 4.90 Å². The summed E-state index contributed by atoms with van der Waals surface area (Å²) in [6.07, 6.45) is 13.6. The van der Waals surface area contributed by atoms with Crippen LogP contribution < -0.4 is 0 Å². The summed E-state index contributed by atoms with van der Waals surface area (Å²) in [5, 5.41) is 0. The van der Waals surface area contributed by atoms with E-state index in [1.807, 2.05) is 0 Å². The van der Waals surface area contributed by atoms with E-state index in [1.165, 1.54) is 32.4 Å². The number of benzene rings is 1. The molecule has 5 fully saturated rings. The summed E-state index contributed by atoms with van der Waals surface area (Å²) in [6.45, 7) is 2.78. The fraction of sp³-hybridized carbons (Fsp3) is 0.739. The molecule has 136 valence electrons. The summed E-state index contributed by atoms with van der Waals surface area (Å²) in [6, 6.07) is 9.33. The molecule has 25 heavy (non-hydrogen) atoms. The summed E-state index contributed by atoms with van der Waals surface area (Å²) in [7, 11) is 0. The van der Waals surface area contributed by atoms with Crippen molar-refractivity contribution in [2.24, 2.45) is 23.7 Å². The molecule has 0 radical (unpaired) electrons. The average Bonchev–Trinajstić information content (AvgIpc) is 2.60. The maximum absolute atomic E-state index is 3.03. The first kappa shape index (κ1) is 16.6. The van der Waals surface area contributed by atoms with E-state index in [0.717, 1.165) is 29.6 Å². The van der Waals surface area contributed by atoms with E-state index in [9.17, 15) is 0 Å². The second-order valence-corrected chi connectivity index (χ2v) is 9.98. The standard InChI is InChI=1S/C23H31N.ClH/c1-2-4-21-19(3-1)5-6-20-15-24(8-7-22(20)21)23-12-16-9-17(13-23)11-18(10-16)14-23;/h1-4,16-18,20,22H,5-15H2;1H/t16?,17?,18?,20-,22+,23?;/m0./s1. The van der Waals surface area contributed by atoms with Crippen LogP contribution in [0.15, 0.2) is 24.3 Å². The van der Waals surface area contributed by atoms with Gasteiger partial charge in [0, 0.05) is 12.1 Å². The summed E-state index contributed by atoms with van der Waals surface area (Å²) in [5.74, 6) is 5.05. The second kappa shape index (κ2) is 5.99. The minimum Gasteiger partial charge on any atom is -0.297 e. The summed E-state index contributed by atoms with van der Waals surface area (Å²) in [5.41, 5.74) is 4.00. The third-order valence-electron chi connectivity index (χ3n) is 8.65. The Morgan fingerprint density at radius 2 is 1.56 bits per heavy atom. The lowest BCUT2D eigenvalue weighted by Crippen LogP contribution is -2.62. The fourth-order valence-electron chi connectivity index (χ4n) is 8.08. The minimum absolute atomic E-state index is 0. The van der Waals surface area contributed by atoms with Crippen molar-refractivity contribution in [1.29, 1.82) is 0 Å². The first-order valence-corrected chi connectivity index (χ1v) is 10.6. The van der Waals surface area contributed by atoms with E-state index in [-0.39, 0.29) is 12.4 Å². The molecule has 5 aliphatic carbocycles. The van der Waals surface area contributed by atoms with Crippen molar-refractivity contribution < 1.29 is 0 Å². The Balaban J connectivity index is 0.00000140. The van der Waals surface area contributed by atoms with Crippen molar-refractivity contribution in [3.05, 3.63) is 35.4 Å². The van der Waals surface area contributed by atoms with Crippen LogP contribution in [0.25, 0.3) is 0 Å². The van der Waals surface area contributed by atoms with E-state index >= 15 is 0 Å². The van der Waals surface area contributed by atoms with Gasteiger partial charge in [-0.1, -0.05) is 24.3 Å². The molecule has 1 heterocycles. The van der Waals surface area contributed by atoms with Gasteiger partial charge in [-0.3, -0.25) is 4.90 Å². The van der Waals surface area contributed by atoms with Gasteiger partial charge < -0.3 is 0 Å². The molecule has 1 nitrogen and oxygen atoms in total. The van der Waals surface area contributed by atoms with Crippen LogP contribution in [0.4, 0.5) is 0 Å². The van der Waals surface area contributed by atoms with Gasteiger partial charge in [0.25, 0.3) is 0 Å². The molecule has 2 atom stereocenters. The smallest absolute Gasteiger partial charge is 0.0217 e. The van der Waals surface area contributed by atoms with Gasteiger partial charge in [-0.15, -0.1) is 12.4 Å². The number of likely N-dealkylation sites (tertiary alicyclic amines) is 1. The number of halogens is 1. The maximum Gasteiger partial charge on any atom is 0.0217 e. The summed E-state index contributed by atoms with van der Waals surface area (Å²) >= 11 is 0. The summed E-state index contributed by atoms with van der Waals surface area (Å²) < 4.78 is 0. The van der Waals surface area contributed by atoms with Crippen LogP contribution in [-0.4, -0.2) is 23.5 Å². The van der Waals surface area contributed by atoms with Crippen LogP contribution in [0.2, 0.25) is 0 Å². The number of aryl methyl sites for hydroxylation is 1. The average molecular weight is 358 g/mol. The van der Waals surface area contributed by atoms with Gasteiger partial charge in [-0.2, -0.15) is 0 Å². The van der Waals surface area contributed by atoms with E-state index < -0.39 is 0 Å². The molecule has 1 aliphatic heterocycles. The number of hydrogen-bond acceptors (Lipinski definition) is 1. The van der Waals surface area contributed by atoms with Crippen LogP contribution in [0.1, 0.15) is 68.4 Å². The first-order chi connectivity index (χ1) is 11.8. The normalized spacial score (nSPS) is 44.7. The molecule has 4 saturated carbocycles. The van der Waals surface area contributed by atoms with E-state index in [1.54, 1.807) is 49.7 Å². The SMILES string of the molecule is Cl.c1ccc2c(c1)CC[C@H]1CN(C34CC5CC(CC(C5)C3)C4)CC[C@@H]21. The Kier molecular flexibility index (Phi) is 3.99. The molecular formula is C23H32ClN. The largest absolute Gasteiger partial charge is 0.297 e. The molecule has 6 aliphatic rings. The zero-order chi connectivity index (χ0) is 15.7. The number of nitrogens with zero attached hydrogens (tertiary/aromatic N) is 1. The molecule has 1 aromatic rings. The Morgan fingerprint density at radius 1 is 0.880 bits per heavy atom. The highest BCUT2D eigenvalue weighted by molar-refractivity contribution is 5.85. The van der Waals surface area contributed by atoms with Gasteiger partial charge in [-0.25, -0.2) is 0 Å². The Bertz CT molecular complexity index is 618. The molecule has 7 rings (SSSR count). The highest BCUT2D eigenvalue weighted by Gasteiger charge is 2.54. The monoisotopic (exact) mass is 357 g/mol. The number of fused-ring (bicyclic) bond motifs is 3. The Morgan fingerprint density at radius 3 is 2.28 bits per heavy atom. The highest BCUT2D eigenvalue weighted by atomic mass is 35.5. The first-order valence-electron chi connectivity index (χ1n) is 10.6. The molecule has 0 N–H and O–H groups in total. The lowest BCUT2D eigenvalue weighted by molar-refractivity contribution is -0.104.